The van der Waals surface area contributed by atoms with Crippen LogP contribution in [0.4, 0.5) is 0 Å². The lowest BCUT2D eigenvalue weighted by Gasteiger charge is -2.34. The molecule has 2 rings (SSSR count). The van der Waals surface area contributed by atoms with Crippen molar-refractivity contribution in [1.29, 1.82) is 0 Å². The highest BCUT2D eigenvalue weighted by atomic mass is 35.5. The van der Waals surface area contributed by atoms with Crippen molar-refractivity contribution in [2.24, 2.45) is 5.41 Å². The molecule has 0 spiro atoms. The average molecular weight is 337 g/mol. The molecule has 2 N–H and O–H groups in total. The Hall–Kier alpha value is -0.290. The van der Waals surface area contributed by atoms with Crippen molar-refractivity contribution >= 4 is 41.3 Å². The van der Waals surface area contributed by atoms with Crippen molar-refractivity contribution in [3.63, 3.8) is 0 Å². The van der Waals surface area contributed by atoms with Crippen LogP contribution in [0.15, 0.2) is 12.1 Å². The van der Waals surface area contributed by atoms with Gasteiger partial charge in [-0.25, -0.2) is 0 Å². The van der Waals surface area contributed by atoms with Crippen molar-refractivity contribution in [2.75, 3.05) is 19.6 Å². The summed E-state index contributed by atoms with van der Waals surface area (Å²) in [5.74, 6) is -0.0268. The van der Waals surface area contributed by atoms with Crippen molar-refractivity contribution < 1.29 is 4.79 Å². The zero-order valence-electron chi connectivity index (χ0n) is 11.9. The summed E-state index contributed by atoms with van der Waals surface area (Å²) in [5.41, 5.74) is 0.230. The van der Waals surface area contributed by atoms with Crippen LogP contribution in [0.2, 0.25) is 4.34 Å². The van der Waals surface area contributed by atoms with Gasteiger partial charge in [0, 0.05) is 11.4 Å². The zero-order chi connectivity index (χ0) is 13.9. The largest absolute Gasteiger partial charge is 0.355 e. The second-order valence-electron chi connectivity index (χ2n) is 5.64. The zero-order valence-corrected chi connectivity index (χ0v) is 14.3. The predicted molar refractivity (Wildman–Crippen MR) is 88.2 cm³/mol. The standard InChI is InChI=1S/C14H21ClN2OS.ClH/c1-10(11-3-4-12(15)19-11)13(18)17-9-14(2)5-7-16-8-6-14;/h3-4,10,16H,5-9H2,1-2H3,(H,17,18);1H. The molecule has 0 aromatic carbocycles. The quantitative estimate of drug-likeness (QED) is 0.884. The van der Waals surface area contributed by atoms with E-state index in [4.69, 9.17) is 11.6 Å². The Bertz CT molecular complexity index is 444. The van der Waals surface area contributed by atoms with Crippen LogP contribution in [0.1, 0.15) is 37.5 Å². The summed E-state index contributed by atoms with van der Waals surface area (Å²) in [6.45, 7) is 7.03. The van der Waals surface area contributed by atoms with E-state index in [9.17, 15) is 4.79 Å². The van der Waals surface area contributed by atoms with Gasteiger partial charge in [0.1, 0.15) is 0 Å². The van der Waals surface area contributed by atoms with E-state index in [1.54, 1.807) is 0 Å². The summed E-state index contributed by atoms with van der Waals surface area (Å²) < 4.78 is 0.736. The maximum Gasteiger partial charge on any atom is 0.228 e. The van der Waals surface area contributed by atoms with Gasteiger partial charge < -0.3 is 10.6 Å². The van der Waals surface area contributed by atoms with Crippen LogP contribution in [0.25, 0.3) is 0 Å². The monoisotopic (exact) mass is 336 g/mol. The smallest absolute Gasteiger partial charge is 0.228 e. The molecule has 2 heterocycles. The second-order valence-corrected chi connectivity index (χ2v) is 7.39. The van der Waals surface area contributed by atoms with Gasteiger partial charge in [0.25, 0.3) is 0 Å². The Morgan fingerprint density at radius 3 is 2.70 bits per heavy atom. The van der Waals surface area contributed by atoms with Gasteiger partial charge in [0.2, 0.25) is 5.91 Å². The van der Waals surface area contributed by atoms with Crippen molar-refractivity contribution in [1.82, 2.24) is 10.6 Å². The summed E-state index contributed by atoms with van der Waals surface area (Å²) in [6.07, 6.45) is 2.24. The van der Waals surface area contributed by atoms with Crippen molar-refractivity contribution in [3.05, 3.63) is 21.3 Å². The molecular formula is C14H22Cl2N2OS. The number of rotatable bonds is 4. The minimum Gasteiger partial charge on any atom is -0.355 e. The molecule has 1 unspecified atom stereocenters. The topological polar surface area (TPSA) is 41.1 Å². The van der Waals surface area contributed by atoms with Gasteiger partial charge in [-0.15, -0.1) is 23.7 Å². The number of thiophene rings is 1. The number of amides is 1. The third-order valence-electron chi connectivity index (χ3n) is 3.91. The van der Waals surface area contributed by atoms with Crippen molar-refractivity contribution in [2.45, 2.75) is 32.6 Å². The summed E-state index contributed by atoms with van der Waals surface area (Å²) in [5, 5.41) is 6.45. The molecule has 0 aliphatic carbocycles. The van der Waals surface area contributed by atoms with Gasteiger partial charge in [-0.05, 0) is 50.4 Å². The lowest BCUT2D eigenvalue weighted by Crippen LogP contribution is -2.43. The van der Waals surface area contributed by atoms with E-state index in [-0.39, 0.29) is 29.6 Å². The Morgan fingerprint density at radius 2 is 2.15 bits per heavy atom. The first-order chi connectivity index (χ1) is 9.00. The first-order valence-corrected chi connectivity index (χ1v) is 7.93. The average Bonchev–Trinajstić information content (AvgIpc) is 2.83. The van der Waals surface area contributed by atoms with Gasteiger partial charge in [0.15, 0.2) is 0 Å². The molecule has 1 aliphatic rings. The maximum atomic E-state index is 12.2. The van der Waals surface area contributed by atoms with Gasteiger partial charge in [0.05, 0.1) is 10.3 Å². The van der Waals surface area contributed by atoms with E-state index < -0.39 is 0 Å². The van der Waals surface area contributed by atoms with Crippen LogP contribution >= 0.6 is 35.3 Å². The minimum absolute atomic E-state index is 0. The number of hydrogen-bond donors (Lipinski definition) is 2. The highest BCUT2D eigenvalue weighted by Gasteiger charge is 2.28. The molecule has 1 saturated heterocycles. The highest BCUT2D eigenvalue weighted by Crippen LogP contribution is 2.29. The van der Waals surface area contributed by atoms with Gasteiger partial charge in [-0.2, -0.15) is 0 Å². The molecular weight excluding hydrogens is 315 g/mol. The molecule has 0 radical (unpaired) electrons. The van der Waals surface area contributed by atoms with Crippen LogP contribution in [-0.4, -0.2) is 25.5 Å². The lowest BCUT2D eigenvalue weighted by molar-refractivity contribution is -0.122. The fourth-order valence-electron chi connectivity index (χ4n) is 2.35. The molecule has 1 atom stereocenters. The SMILES string of the molecule is CC(C(=O)NCC1(C)CCNCC1)c1ccc(Cl)s1.Cl. The molecule has 20 heavy (non-hydrogen) atoms. The van der Waals surface area contributed by atoms with Gasteiger partial charge >= 0.3 is 0 Å². The molecule has 1 aromatic heterocycles. The molecule has 3 nitrogen and oxygen atoms in total. The molecule has 1 aliphatic heterocycles. The van der Waals surface area contributed by atoms with E-state index in [1.807, 2.05) is 19.1 Å². The Labute approximate surface area is 135 Å². The van der Waals surface area contributed by atoms with Crippen LogP contribution in [0.5, 0.6) is 0 Å². The number of carbonyl (C=O) groups excluding carboxylic acids is 1. The first-order valence-electron chi connectivity index (χ1n) is 6.74. The number of carbonyl (C=O) groups is 1. The molecule has 0 bridgehead atoms. The van der Waals surface area contributed by atoms with Gasteiger partial charge in [-0.3, -0.25) is 4.79 Å². The normalized spacial score (nSPS) is 18.9. The van der Waals surface area contributed by atoms with E-state index in [0.717, 1.165) is 41.7 Å². The summed E-state index contributed by atoms with van der Waals surface area (Å²) >= 11 is 7.39. The molecule has 1 aromatic rings. The van der Waals surface area contributed by atoms with E-state index >= 15 is 0 Å². The highest BCUT2D eigenvalue weighted by molar-refractivity contribution is 7.16. The third kappa shape index (κ3) is 4.62. The lowest BCUT2D eigenvalue weighted by atomic mass is 9.81. The molecule has 114 valence electrons. The number of halogens is 2. The van der Waals surface area contributed by atoms with Crippen LogP contribution in [0, 0.1) is 5.41 Å². The van der Waals surface area contributed by atoms with E-state index in [0.29, 0.717) is 0 Å². The first kappa shape index (κ1) is 17.8. The number of piperidine rings is 1. The Balaban J connectivity index is 0.00000200. The number of nitrogens with one attached hydrogen (secondary N) is 2. The Kier molecular flexibility index (Phi) is 6.79. The van der Waals surface area contributed by atoms with Gasteiger partial charge in [-0.1, -0.05) is 18.5 Å². The van der Waals surface area contributed by atoms with E-state index in [2.05, 4.69) is 17.6 Å². The Morgan fingerprint density at radius 1 is 1.50 bits per heavy atom. The summed E-state index contributed by atoms with van der Waals surface area (Å²) in [4.78, 5) is 13.2. The molecule has 0 saturated carbocycles. The summed E-state index contributed by atoms with van der Waals surface area (Å²) in [7, 11) is 0. The van der Waals surface area contributed by atoms with Crippen LogP contribution < -0.4 is 10.6 Å². The predicted octanol–water partition coefficient (Wildman–Crippen LogP) is 3.43. The minimum atomic E-state index is -0.122. The fourth-order valence-corrected chi connectivity index (χ4v) is 3.46. The maximum absolute atomic E-state index is 12.2. The molecule has 1 fully saturated rings. The fraction of sp³-hybridized carbons (Fsp3) is 0.643. The van der Waals surface area contributed by atoms with Crippen molar-refractivity contribution in [3.8, 4) is 0 Å². The van der Waals surface area contributed by atoms with Crippen LogP contribution in [-0.2, 0) is 4.79 Å². The number of hydrogen-bond acceptors (Lipinski definition) is 3. The summed E-state index contributed by atoms with van der Waals surface area (Å²) in [6, 6.07) is 3.78. The van der Waals surface area contributed by atoms with E-state index in [1.165, 1.54) is 11.3 Å². The van der Waals surface area contributed by atoms with Crippen LogP contribution in [0.3, 0.4) is 0 Å². The molecule has 6 heteroatoms. The molecule has 1 amide bonds. The third-order valence-corrected chi connectivity index (χ3v) is 5.33. The second kappa shape index (κ2) is 7.64.